The van der Waals surface area contributed by atoms with Crippen molar-refractivity contribution < 1.29 is 9.53 Å². The van der Waals surface area contributed by atoms with Crippen LogP contribution >= 0.6 is 0 Å². The molecule has 4 heterocycles. The number of morpholine rings is 1. The Hall–Kier alpha value is -1.66. The van der Waals surface area contributed by atoms with Crippen molar-refractivity contribution in [3.8, 4) is 0 Å². The lowest BCUT2D eigenvalue weighted by atomic mass is 10.1. The summed E-state index contributed by atoms with van der Waals surface area (Å²) in [6, 6.07) is 4.33. The Bertz CT molecular complexity index is 580. The van der Waals surface area contributed by atoms with Crippen molar-refractivity contribution in [1.82, 2.24) is 14.8 Å². The number of amides is 1. The number of nitrogens with zero attached hydrogens (tertiary/aromatic N) is 4. The summed E-state index contributed by atoms with van der Waals surface area (Å²) in [5.41, 5.74) is 1.20. The Morgan fingerprint density at radius 3 is 2.60 bits per heavy atom. The van der Waals surface area contributed by atoms with Crippen molar-refractivity contribution in [3.63, 3.8) is 0 Å². The van der Waals surface area contributed by atoms with Crippen molar-refractivity contribution in [2.45, 2.75) is 38.3 Å². The number of aromatic nitrogens is 1. The predicted molar refractivity (Wildman–Crippen MR) is 96.5 cm³/mol. The average Bonchev–Trinajstić information content (AvgIpc) is 3.35. The van der Waals surface area contributed by atoms with E-state index in [0.29, 0.717) is 13.2 Å². The topological polar surface area (TPSA) is 48.9 Å². The number of ether oxygens (including phenoxy) is 1. The molecule has 6 heteroatoms. The van der Waals surface area contributed by atoms with E-state index >= 15 is 0 Å². The van der Waals surface area contributed by atoms with E-state index in [2.05, 4.69) is 26.9 Å². The molecular weight excluding hydrogens is 316 g/mol. The molecule has 1 aromatic heterocycles. The van der Waals surface area contributed by atoms with Gasteiger partial charge >= 0.3 is 0 Å². The molecule has 3 aliphatic heterocycles. The van der Waals surface area contributed by atoms with Crippen LogP contribution in [-0.2, 0) is 16.1 Å². The van der Waals surface area contributed by atoms with E-state index < -0.39 is 0 Å². The Morgan fingerprint density at radius 2 is 1.88 bits per heavy atom. The molecule has 1 atom stereocenters. The van der Waals surface area contributed by atoms with Crippen LogP contribution in [0.4, 0.5) is 5.82 Å². The maximum Gasteiger partial charge on any atom is 0.240 e. The number of anilines is 1. The van der Waals surface area contributed by atoms with E-state index in [1.165, 1.54) is 18.4 Å². The summed E-state index contributed by atoms with van der Waals surface area (Å²) >= 11 is 0. The molecule has 1 aromatic rings. The van der Waals surface area contributed by atoms with Crippen LogP contribution in [0.15, 0.2) is 18.3 Å². The first kappa shape index (κ1) is 16.8. The van der Waals surface area contributed by atoms with E-state index in [9.17, 15) is 4.79 Å². The number of hydrogen-bond donors (Lipinski definition) is 0. The summed E-state index contributed by atoms with van der Waals surface area (Å²) in [5, 5.41) is 0. The largest absolute Gasteiger partial charge is 0.378 e. The molecule has 6 nitrogen and oxygen atoms in total. The van der Waals surface area contributed by atoms with Crippen LogP contribution in [0.1, 0.15) is 31.2 Å². The van der Waals surface area contributed by atoms with Gasteiger partial charge in [0.15, 0.2) is 0 Å². The third-order valence-corrected chi connectivity index (χ3v) is 5.60. The second-order valence-corrected chi connectivity index (χ2v) is 7.28. The van der Waals surface area contributed by atoms with Gasteiger partial charge in [-0.05, 0) is 43.9 Å². The van der Waals surface area contributed by atoms with Gasteiger partial charge in [0.25, 0.3) is 0 Å². The molecule has 0 bridgehead atoms. The lowest BCUT2D eigenvalue weighted by Crippen LogP contribution is -2.49. The number of rotatable bonds is 4. The zero-order valence-electron chi connectivity index (χ0n) is 14.9. The third-order valence-electron chi connectivity index (χ3n) is 5.60. The normalized spacial score (nSPS) is 24.9. The molecule has 0 saturated carbocycles. The minimum atomic E-state index is 0.0244. The molecule has 3 aliphatic rings. The standard InChI is InChI=1S/C19H28N4O2/c24-19(22-10-12-25-13-11-22)17-4-3-9-23(17)15-16-5-6-18(20-14-16)21-7-1-2-8-21/h5-6,14,17H,1-4,7-13,15H2/t17-/m1/s1. The summed E-state index contributed by atoms with van der Waals surface area (Å²) in [6.45, 7) is 6.84. The molecule has 0 unspecified atom stereocenters. The van der Waals surface area contributed by atoms with Gasteiger partial charge in [0.2, 0.25) is 5.91 Å². The van der Waals surface area contributed by atoms with Gasteiger partial charge in [-0.15, -0.1) is 0 Å². The van der Waals surface area contributed by atoms with Gasteiger partial charge in [0, 0.05) is 38.9 Å². The highest BCUT2D eigenvalue weighted by Crippen LogP contribution is 2.23. The molecule has 3 fully saturated rings. The van der Waals surface area contributed by atoms with Gasteiger partial charge in [-0.2, -0.15) is 0 Å². The third kappa shape index (κ3) is 3.80. The quantitative estimate of drug-likeness (QED) is 0.829. The SMILES string of the molecule is O=C([C@H]1CCCN1Cc1ccc(N2CCCC2)nc1)N1CCOCC1. The van der Waals surface area contributed by atoms with Crippen LogP contribution in [0.5, 0.6) is 0 Å². The van der Waals surface area contributed by atoms with Crippen LogP contribution in [0, 0.1) is 0 Å². The van der Waals surface area contributed by atoms with Gasteiger partial charge in [0.1, 0.15) is 5.82 Å². The first-order valence-electron chi connectivity index (χ1n) is 9.62. The van der Waals surface area contributed by atoms with E-state index in [1.807, 2.05) is 11.1 Å². The summed E-state index contributed by atoms with van der Waals surface area (Å²) < 4.78 is 5.37. The maximum absolute atomic E-state index is 12.8. The minimum Gasteiger partial charge on any atom is -0.378 e. The van der Waals surface area contributed by atoms with Crippen LogP contribution < -0.4 is 4.90 Å². The van der Waals surface area contributed by atoms with Crippen molar-refractivity contribution in [3.05, 3.63) is 23.9 Å². The summed E-state index contributed by atoms with van der Waals surface area (Å²) in [7, 11) is 0. The molecule has 3 saturated heterocycles. The van der Waals surface area contributed by atoms with Crippen molar-refractivity contribution in [1.29, 1.82) is 0 Å². The zero-order valence-corrected chi connectivity index (χ0v) is 14.9. The van der Waals surface area contributed by atoms with Gasteiger partial charge in [-0.1, -0.05) is 6.07 Å². The van der Waals surface area contributed by atoms with E-state index in [4.69, 9.17) is 4.74 Å². The Kier molecular flexibility index (Phi) is 5.17. The molecule has 25 heavy (non-hydrogen) atoms. The molecule has 0 aromatic carbocycles. The highest BCUT2D eigenvalue weighted by molar-refractivity contribution is 5.82. The van der Waals surface area contributed by atoms with E-state index in [-0.39, 0.29) is 11.9 Å². The smallest absolute Gasteiger partial charge is 0.240 e. The fourth-order valence-electron chi connectivity index (χ4n) is 4.17. The Labute approximate surface area is 149 Å². The Morgan fingerprint density at radius 1 is 1.08 bits per heavy atom. The summed E-state index contributed by atoms with van der Waals surface area (Å²) in [4.78, 5) is 24.1. The Balaban J connectivity index is 1.38. The number of pyridine rings is 1. The molecular formula is C19H28N4O2. The summed E-state index contributed by atoms with van der Waals surface area (Å²) in [6.07, 6.45) is 6.59. The highest BCUT2D eigenvalue weighted by Gasteiger charge is 2.34. The van der Waals surface area contributed by atoms with Crippen molar-refractivity contribution in [2.75, 3.05) is 50.8 Å². The van der Waals surface area contributed by atoms with Crippen LogP contribution in [0.2, 0.25) is 0 Å². The highest BCUT2D eigenvalue weighted by atomic mass is 16.5. The number of carbonyl (C=O) groups excluding carboxylic acids is 1. The van der Waals surface area contributed by atoms with Crippen molar-refractivity contribution in [2.24, 2.45) is 0 Å². The number of carbonyl (C=O) groups is 1. The lowest BCUT2D eigenvalue weighted by molar-refractivity contribution is -0.140. The van der Waals surface area contributed by atoms with E-state index in [1.54, 1.807) is 0 Å². The van der Waals surface area contributed by atoms with Gasteiger partial charge in [-0.3, -0.25) is 9.69 Å². The molecule has 0 aliphatic carbocycles. The molecule has 1 amide bonds. The average molecular weight is 344 g/mol. The van der Waals surface area contributed by atoms with Crippen molar-refractivity contribution >= 4 is 11.7 Å². The predicted octanol–water partition coefficient (Wildman–Crippen LogP) is 1.50. The van der Waals surface area contributed by atoms with Gasteiger partial charge < -0.3 is 14.5 Å². The van der Waals surface area contributed by atoms with Gasteiger partial charge in [0.05, 0.1) is 19.3 Å². The maximum atomic E-state index is 12.8. The van der Waals surface area contributed by atoms with Crippen LogP contribution in [0.25, 0.3) is 0 Å². The number of likely N-dealkylation sites (tertiary alicyclic amines) is 1. The second kappa shape index (κ2) is 7.70. The minimum absolute atomic E-state index is 0.0244. The number of hydrogen-bond acceptors (Lipinski definition) is 5. The zero-order chi connectivity index (χ0) is 17.1. The summed E-state index contributed by atoms with van der Waals surface area (Å²) in [5.74, 6) is 1.37. The van der Waals surface area contributed by atoms with Crippen LogP contribution in [0.3, 0.4) is 0 Å². The molecule has 0 radical (unpaired) electrons. The van der Waals surface area contributed by atoms with Gasteiger partial charge in [-0.25, -0.2) is 4.98 Å². The fraction of sp³-hybridized carbons (Fsp3) is 0.684. The molecule has 4 rings (SSSR count). The monoisotopic (exact) mass is 344 g/mol. The second-order valence-electron chi connectivity index (χ2n) is 7.28. The lowest BCUT2D eigenvalue weighted by Gasteiger charge is -2.32. The molecule has 0 spiro atoms. The molecule has 0 N–H and O–H groups in total. The first-order chi connectivity index (χ1) is 12.3. The van der Waals surface area contributed by atoms with Crippen LogP contribution in [-0.4, -0.2) is 72.7 Å². The molecule has 136 valence electrons. The van der Waals surface area contributed by atoms with E-state index in [0.717, 1.165) is 57.9 Å². The first-order valence-corrected chi connectivity index (χ1v) is 9.62. The fourth-order valence-corrected chi connectivity index (χ4v) is 4.17.